The predicted molar refractivity (Wildman–Crippen MR) is 145 cm³/mol. The Bertz CT molecular complexity index is 1390. The molecule has 5 rings (SSSR count). The number of fused-ring (bicyclic) bond motifs is 1. The second-order valence-corrected chi connectivity index (χ2v) is 9.81. The first-order chi connectivity index (χ1) is 20.2. The van der Waals surface area contributed by atoms with Crippen molar-refractivity contribution in [2.75, 3.05) is 13.2 Å². The third kappa shape index (κ3) is 5.86. The molecule has 5 atom stereocenters. The maximum absolute atomic E-state index is 13.2. The first kappa shape index (κ1) is 29.2. The highest BCUT2D eigenvalue weighted by Crippen LogP contribution is 2.48. The summed E-state index contributed by atoms with van der Waals surface area (Å²) in [6, 6.07) is 23.6. The third-order valence-corrected chi connectivity index (χ3v) is 6.86. The molecule has 0 bridgehead atoms. The van der Waals surface area contributed by atoms with Gasteiger partial charge in [-0.3, -0.25) is 14.4 Å². The maximum Gasteiger partial charge on any atom is 0.305 e. The number of carbonyl (C=O) groups excluding carboxylic acids is 3. The summed E-state index contributed by atoms with van der Waals surface area (Å²) in [6.45, 7) is 1.07. The van der Waals surface area contributed by atoms with Gasteiger partial charge in [-0.1, -0.05) is 60.7 Å². The van der Waals surface area contributed by atoms with Crippen LogP contribution in [0.25, 0.3) is 0 Å². The molecule has 0 radical (unpaired) electrons. The topological polar surface area (TPSA) is 147 Å². The van der Waals surface area contributed by atoms with Crippen LogP contribution in [0.4, 0.5) is 0 Å². The fraction of sp³-hybridized carbons (Fsp3) is 0.323. The maximum atomic E-state index is 13.2. The number of esters is 2. The van der Waals surface area contributed by atoms with Gasteiger partial charge in [0.05, 0.1) is 6.61 Å². The minimum Gasteiger partial charge on any atom is -0.456 e. The van der Waals surface area contributed by atoms with Gasteiger partial charge in [0, 0.05) is 30.5 Å². The Balaban J connectivity index is 1.32. The van der Waals surface area contributed by atoms with E-state index in [2.05, 4.69) is 0 Å². The minimum absolute atomic E-state index is 0.243. The lowest BCUT2D eigenvalue weighted by molar-refractivity contribution is -0.302. The number of ketones is 1. The second kappa shape index (κ2) is 12.3. The Kier molecular flexibility index (Phi) is 8.55. The Hall–Kier alpha value is -4.29. The van der Waals surface area contributed by atoms with Crippen LogP contribution in [0, 0.1) is 0 Å². The molecule has 0 spiro atoms. The van der Waals surface area contributed by atoms with Crippen molar-refractivity contribution in [2.45, 2.75) is 50.3 Å². The molecule has 11 nitrogen and oxygen atoms in total. The molecule has 3 aromatic rings. The van der Waals surface area contributed by atoms with E-state index in [-0.39, 0.29) is 5.56 Å². The first-order valence-corrected chi connectivity index (χ1v) is 13.3. The summed E-state index contributed by atoms with van der Waals surface area (Å²) in [6.07, 6.45) is -6.96. The van der Waals surface area contributed by atoms with Crippen LogP contribution in [0.5, 0.6) is 11.5 Å². The van der Waals surface area contributed by atoms with Crippen LogP contribution < -0.4 is 9.47 Å². The minimum atomic E-state index is -1.62. The number of carbonyl (C=O) groups is 3. The largest absolute Gasteiger partial charge is 0.456 e. The van der Waals surface area contributed by atoms with Crippen LogP contribution in [0.15, 0.2) is 78.9 Å². The number of benzene rings is 3. The van der Waals surface area contributed by atoms with Gasteiger partial charge in [0.2, 0.25) is 0 Å². The summed E-state index contributed by atoms with van der Waals surface area (Å²) in [7, 11) is 0. The van der Waals surface area contributed by atoms with E-state index in [1.807, 2.05) is 60.7 Å². The quantitative estimate of drug-likeness (QED) is 0.285. The fourth-order valence-electron chi connectivity index (χ4n) is 4.97. The molecule has 2 heterocycles. The van der Waals surface area contributed by atoms with Gasteiger partial charge in [0.25, 0.3) is 0 Å². The Morgan fingerprint density at radius 1 is 0.810 bits per heavy atom. The van der Waals surface area contributed by atoms with E-state index in [0.29, 0.717) is 11.5 Å². The summed E-state index contributed by atoms with van der Waals surface area (Å²) in [5.41, 5.74) is 1.77. The Morgan fingerprint density at radius 2 is 1.38 bits per heavy atom. The van der Waals surface area contributed by atoms with Crippen LogP contribution in [0.1, 0.15) is 35.3 Å². The summed E-state index contributed by atoms with van der Waals surface area (Å²) in [5, 5.41) is 20.6. The second-order valence-electron chi connectivity index (χ2n) is 9.81. The average molecular weight is 579 g/mol. The van der Waals surface area contributed by atoms with Gasteiger partial charge < -0.3 is 38.6 Å². The highest BCUT2D eigenvalue weighted by atomic mass is 16.7. The van der Waals surface area contributed by atoms with Gasteiger partial charge in [-0.05, 0) is 18.2 Å². The molecule has 2 aliphatic heterocycles. The lowest BCUT2D eigenvalue weighted by Gasteiger charge is -2.42. The van der Waals surface area contributed by atoms with Gasteiger partial charge in [-0.15, -0.1) is 0 Å². The molecular weight excluding hydrogens is 548 g/mol. The SMILES string of the molecule is CC(=O)OC1C(CO)OC(OCC(=O)c2ccc3c(c2)OC(c2ccccc2)(c2ccccc2)O3)C(O)C1OC(C)=O. The molecule has 220 valence electrons. The third-order valence-electron chi connectivity index (χ3n) is 6.86. The smallest absolute Gasteiger partial charge is 0.305 e. The molecule has 3 aromatic carbocycles. The van der Waals surface area contributed by atoms with E-state index in [1.165, 1.54) is 0 Å². The Labute approximate surface area is 241 Å². The van der Waals surface area contributed by atoms with Crippen molar-refractivity contribution in [3.63, 3.8) is 0 Å². The number of hydrogen-bond acceptors (Lipinski definition) is 11. The molecule has 1 saturated heterocycles. The van der Waals surface area contributed by atoms with Crippen molar-refractivity contribution < 1.29 is 53.0 Å². The number of Topliss-reactive ketones (excluding diaryl/α,β-unsaturated/α-hetero) is 1. The molecule has 2 N–H and O–H groups in total. The zero-order chi connectivity index (χ0) is 29.9. The normalized spacial score (nSPS) is 24.0. The fourth-order valence-corrected chi connectivity index (χ4v) is 4.97. The van der Waals surface area contributed by atoms with E-state index in [1.54, 1.807) is 18.2 Å². The molecular formula is C31H30O11. The van der Waals surface area contributed by atoms with Crippen molar-refractivity contribution in [1.29, 1.82) is 0 Å². The number of hydrogen-bond donors (Lipinski definition) is 2. The molecule has 11 heteroatoms. The molecule has 1 fully saturated rings. The van der Waals surface area contributed by atoms with Gasteiger partial charge in [-0.2, -0.15) is 0 Å². The van der Waals surface area contributed by atoms with Crippen molar-refractivity contribution in [3.05, 3.63) is 95.6 Å². The number of aliphatic hydroxyl groups excluding tert-OH is 2. The molecule has 5 unspecified atom stereocenters. The number of ether oxygens (including phenoxy) is 6. The van der Waals surface area contributed by atoms with E-state index >= 15 is 0 Å². The Morgan fingerprint density at radius 3 is 1.95 bits per heavy atom. The van der Waals surface area contributed by atoms with Gasteiger partial charge >= 0.3 is 17.7 Å². The zero-order valence-electron chi connectivity index (χ0n) is 22.9. The molecule has 0 saturated carbocycles. The van der Waals surface area contributed by atoms with E-state index in [9.17, 15) is 24.6 Å². The van der Waals surface area contributed by atoms with E-state index < -0.39 is 67.4 Å². The van der Waals surface area contributed by atoms with E-state index in [0.717, 1.165) is 25.0 Å². The van der Waals surface area contributed by atoms with Crippen molar-refractivity contribution in [1.82, 2.24) is 0 Å². The first-order valence-electron chi connectivity index (χ1n) is 13.3. The molecule has 2 aliphatic rings. The van der Waals surface area contributed by atoms with Crippen LogP contribution in [-0.4, -0.2) is 71.9 Å². The van der Waals surface area contributed by atoms with Crippen molar-refractivity contribution >= 4 is 17.7 Å². The summed E-state index contributed by atoms with van der Waals surface area (Å²) in [4.78, 5) is 36.4. The van der Waals surface area contributed by atoms with Crippen LogP contribution in [0.2, 0.25) is 0 Å². The van der Waals surface area contributed by atoms with Crippen LogP contribution in [-0.2, 0) is 34.3 Å². The average Bonchev–Trinajstić information content (AvgIpc) is 3.39. The summed E-state index contributed by atoms with van der Waals surface area (Å²) in [5.74, 6) is -2.42. The number of rotatable bonds is 9. The highest BCUT2D eigenvalue weighted by molar-refractivity contribution is 5.97. The summed E-state index contributed by atoms with van der Waals surface area (Å²) < 4.78 is 34.2. The van der Waals surface area contributed by atoms with Crippen molar-refractivity contribution in [3.8, 4) is 11.5 Å². The molecule has 0 aliphatic carbocycles. The molecule has 42 heavy (non-hydrogen) atoms. The van der Waals surface area contributed by atoms with Crippen LogP contribution >= 0.6 is 0 Å². The zero-order valence-corrected chi connectivity index (χ0v) is 22.9. The standard InChI is InChI=1S/C31H30O11/c1-18(33)38-28-26(16-32)40-30(27(36)29(28)39-19(2)34)37-17-23(35)20-13-14-24-25(15-20)42-31(41-24,21-9-5-3-6-10-21)22-11-7-4-8-12-22/h3-15,26-30,32,36H,16-17H2,1-2H3. The lowest BCUT2D eigenvalue weighted by atomic mass is 9.97. The number of aliphatic hydroxyl groups is 2. The van der Waals surface area contributed by atoms with Gasteiger partial charge in [0.15, 0.2) is 35.8 Å². The monoisotopic (exact) mass is 578 g/mol. The van der Waals surface area contributed by atoms with Crippen molar-refractivity contribution in [2.24, 2.45) is 0 Å². The molecule has 0 amide bonds. The van der Waals surface area contributed by atoms with Gasteiger partial charge in [0.1, 0.15) is 18.8 Å². The molecule has 0 aromatic heterocycles. The van der Waals surface area contributed by atoms with Crippen LogP contribution in [0.3, 0.4) is 0 Å². The lowest BCUT2D eigenvalue weighted by Crippen LogP contribution is -2.61. The predicted octanol–water partition coefficient (Wildman–Crippen LogP) is 2.50. The highest BCUT2D eigenvalue weighted by Gasteiger charge is 2.50. The summed E-state index contributed by atoms with van der Waals surface area (Å²) >= 11 is 0. The van der Waals surface area contributed by atoms with E-state index in [4.69, 9.17) is 28.4 Å². The van der Waals surface area contributed by atoms with Gasteiger partial charge in [-0.25, -0.2) is 0 Å².